The Kier molecular flexibility index (Phi) is 6.59. The molecule has 33 heavy (non-hydrogen) atoms. The molecule has 0 bridgehead atoms. The molecule has 1 fully saturated rings. The van der Waals surface area contributed by atoms with Gasteiger partial charge in [-0.1, -0.05) is 36.4 Å². The molecule has 0 aromatic heterocycles. The van der Waals surface area contributed by atoms with E-state index in [0.717, 1.165) is 28.3 Å². The quantitative estimate of drug-likeness (QED) is 0.626. The lowest BCUT2D eigenvalue weighted by Crippen LogP contribution is -2.41. The van der Waals surface area contributed by atoms with Crippen LogP contribution < -0.4 is 10.5 Å². The summed E-state index contributed by atoms with van der Waals surface area (Å²) in [5.41, 5.74) is 8.05. The van der Waals surface area contributed by atoms with Crippen LogP contribution in [0, 0.1) is 17.1 Å². The summed E-state index contributed by atoms with van der Waals surface area (Å²) in [5, 5.41) is 11.5. The topological polar surface area (TPSA) is 82.6 Å². The summed E-state index contributed by atoms with van der Waals surface area (Å²) < 4.78 is 19.2. The molecule has 7 heteroatoms. The highest BCUT2D eigenvalue weighted by molar-refractivity contribution is 5.91. The number of carbonyl (C=O) groups is 1. The summed E-state index contributed by atoms with van der Waals surface area (Å²) in [4.78, 5) is 17.5. The Labute approximate surface area is 193 Å². The first-order valence-electron chi connectivity index (χ1n) is 10.9. The second-order valence-corrected chi connectivity index (χ2v) is 8.46. The molecule has 1 aliphatic heterocycles. The van der Waals surface area contributed by atoms with Crippen molar-refractivity contribution in [1.29, 1.82) is 5.26 Å². The molecule has 4 rings (SSSR count). The number of carbonyl (C=O) groups excluding carboxylic acids is 1. The van der Waals surface area contributed by atoms with Gasteiger partial charge in [-0.15, -0.1) is 0 Å². The Morgan fingerprint density at radius 2 is 2.03 bits per heavy atom. The van der Waals surface area contributed by atoms with Crippen molar-refractivity contribution in [2.45, 2.75) is 25.0 Å². The fourth-order valence-electron chi connectivity index (χ4n) is 4.61. The highest BCUT2D eigenvalue weighted by Gasteiger charge is 2.34. The third kappa shape index (κ3) is 4.54. The van der Waals surface area contributed by atoms with E-state index < -0.39 is 6.04 Å². The van der Waals surface area contributed by atoms with Gasteiger partial charge in [0.05, 0.1) is 12.7 Å². The van der Waals surface area contributed by atoms with E-state index in [4.69, 9.17) is 10.5 Å². The molecule has 6 nitrogen and oxygen atoms in total. The van der Waals surface area contributed by atoms with E-state index in [1.54, 1.807) is 30.1 Å². The van der Waals surface area contributed by atoms with Crippen LogP contribution in [0.4, 0.5) is 4.39 Å². The molecule has 1 unspecified atom stereocenters. The first-order chi connectivity index (χ1) is 15.9. The highest BCUT2D eigenvalue weighted by atomic mass is 19.1. The number of nitrogens with zero attached hydrogens (tertiary/aromatic N) is 3. The molecule has 1 heterocycles. The maximum atomic E-state index is 13.8. The molecule has 1 amide bonds. The van der Waals surface area contributed by atoms with E-state index >= 15 is 0 Å². The molecule has 0 spiro atoms. The number of hydrogen-bond donors (Lipinski definition) is 1. The van der Waals surface area contributed by atoms with E-state index in [1.165, 1.54) is 19.2 Å². The second kappa shape index (κ2) is 9.57. The average Bonchev–Trinajstić information content (AvgIpc) is 3.25. The Balaban J connectivity index is 1.71. The van der Waals surface area contributed by atoms with Gasteiger partial charge in [-0.3, -0.25) is 9.69 Å². The van der Waals surface area contributed by atoms with Gasteiger partial charge in [-0.2, -0.15) is 5.26 Å². The van der Waals surface area contributed by atoms with Crippen molar-refractivity contribution >= 4 is 16.7 Å². The maximum Gasteiger partial charge on any atom is 0.244 e. The van der Waals surface area contributed by atoms with Crippen LogP contribution in [0.5, 0.6) is 5.75 Å². The van der Waals surface area contributed by atoms with Crippen LogP contribution in [0.2, 0.25) is 0 Å². The summed E-state index contributed by atoms with van der Waals surface area (Å²) in [5.74, 6) is 0.00234. The van der Waals surface area contributed by atoms with Gasteiger partial charge in [0.15, 0.2) is 0 Å². The summed E-state index contributed by atoms with van der Waals surface area (Å²) in [6.45, 7) is 1.55. The summed E-state index contributed by atoms with van der Waals surface area (Å²) in [6, 6.07) is 17.2. The molecule has 1 saturated heterocycles. The standard InChI is InChI=1S/C26H27FN4O2/c1-30(16-23-22-6-4-3-5-18(22)13-19(14-28)25(23)33-2)26(32)24(31-12-11-21(29)15-31)17-7-9-20(27)10-8-17/h3-10,13,21,24H,11-12,15-16,29H2,1-2H3/t21-,24?/m1/s1. The fraction of sp³-hybridized carbons (Fsp3) is 0.308. The van der Waals surface area contributed by atoms with Crippen molar-refractivity contribution in [3.8, 4) is 11.8 Å². The van der Waals surface area contributed by atoms with Crippen molar-refractivity contribution in [1.82, 2.24) is 9.80 Å². The Morgan fingerprint density at radius 1 is 1.30 bits per heavy atom. The van der Waals surface area contributed by atoms with Crippen LogP contribution in [-0.4, -0.2) is 49.0 Å². The lowest BCUT2D eigenvalue weighted by atomic mass is 9.98. The molecule has 3 aromatic carbocycles. The predicted molar refractivity (Wildman–Crippen MR) is 125 cm³/mol. The van der Waals surface area contributed by atoms with E-state index in [2.05, 4.69) is 11.0 Å². The minimum Gasteiger partial charge on any atom is -0.495 e. The number of benzene rings is 3. The zero-order valence-corrected chi connectivity index (χ0v) is 18.8. The van der Waals surface area contributed by atoms with Crippen LogP contribution in [0.15, 0.2) is 54.6 Å². The Morgan fingerprint density at radius 3 is 2.67 bits per heavy atom. The summed E-state index contributed by atoms with van der Waals surface area (Å²) in [6.07, 6.45) is 0.803. The van der Waals surface area contributed by atoms with Crippen molar-refractivity contribution in [2.75, 3.05) is 27.2 Å². The Bertz CT molecular complexity index is 1210. The van der Waals surface area contributed by atoms with Crippen molar-refractivity contribution in [2.24, 2.45) is 5.73 Å². The van der Waals surface area contributed by atoms with Gasteiger partial charge < -0.3 is 15.4 Å². The maximum absolute atomic E-state index is 13.8. The molecule has 3 aromatic rings. The normalized spacial score (nSPS) is 17.0. The number of ether oxygens (including phenoxy) is 1. The van der Waals surface area contributed by atoms with Gasteiger partial charge in [-0.05, 0) is 41.0 Å². The zero-order chi connectivity index (χ0) is 23.5. The lowest BCUT2D eigenvalue weighted by molar-refractivity contribution is -0.136. The zero-order valence-electron chi connectivity index (χ0n) is 18.8. The third-order valence-electron chi connectivity index (χ3n) is 6.24. The molecule has 2 atom stereocenters. The molecule has 0 aliphatic carbocycles. The number of hydrogen-bond acceptors (Lipinski definition) is 5. The molecule has 0 saturated carbocycles. The van der Waals surface area contributed by atoms with Crippen LogP contribution >= 0.6 is 0 Å². The Hall–Kier alpha value is -3.47. The largest absolute Gasteiger partial charge is 0.495 e. The van der Waals surface area contributed by atoms with Gasteiger partial charge >= 0.3 is 0 Å². The number of rotatable bonds is 6. The van der Waals surface area contributed by atoms with E-state index in [-0.39, 0.29) is 24.3 Å². The van der Waals surface area contributed by atoms with Gasteiger partial charge in [0.25, 0.3) is 0 Å². The third-order valence-corrected chi connectivity index (χ3v) is 6.24. The number of likely N-dealkylation sites (N-methyl/N-ethyl adjacent to an activating group) is 1. The van der Waals surface area contributed by atoms with Gasteiger partial charge in [0.2, 0.25) is 5.91 Å². The van der Waals surface area contributed by atoms with Gasteiger partial charge in [0.1, 0.15) is 23.7 Å². The monoisotopic (exact) mass is 446 g/mol. The molecule has 1 aliphatic rings. The van der Waals surface area contributed by atoms with Crippen LogP contribution in [0.3, 0.4) is 0 Å². The molecule has 0 radical (unpaired) electrons. The molecular weight excluding hydrogens is 419 g/mol. The van der Waals surface area contributed by atoms with Gasteiger partial charge in [-0.25, -0.2) is 4.39 Å². The molecular formula is C26H27FN4O2. The fourth-order valence-corrected chi connectivity index (χ4v) is 4.61. The lowest BCUT2D eigenvalue weighted by Gasteiger charge is -2.31. The van der Waals surface area contributed by atoms with Gasteiger partial charge in [0, 0.05) is 38.3 Å². The number of nitrogens with two attached hydrogens (primary N) is 1. The van der Waals surface area contributed by atoms with Crippen molar-refractivity contribution in [3.63, 3.8) is 0 Å². The summed E-state index contributed by atoms with van der Waals surface area (Å²) >= 11 is 0. The predicted octanol–water partition coefficient (Wildman–Crippen LogP) is 3.59. The highest BCUT2D eigenvalue weighted by Crippen LogP contribution is 2.34. The van der Waals surface area contributed by atoms with Crippen LogP contribution in [-0.2, 0) is 11.3 Å². The molecule has 170 valence electrons. The van der Waals surface area contributed by atoms with E-state index in [9.17, 15) is 14.4 Å². The number of fused-ring (bicyclic) bond motifs is 1. The van der Waals surface area contributed by atoms with Crippen LogP contribution in [0.1, 0.15) is 29.2 Å². The first kappa shape index (κ1) is 22.7. The second-order valence-electron chi connectivity index (χ2n) is 8.46. The number of amides is 1. The smallest absolute Gasteiger partial charge is 0.244 e. The molecule has 2 N–H and O–H groups in total. The summed E-state index contributed by atoms with van der Waals surface area (Å²) in [7, 11) is 3.27. The number of nitriles is 1. The minimum atomic E-state index is -0.569. The minimum absolute atomic E-state index is 0.00222. The van der Waals surface area contributed by atoms with E-state index in [0.29, 0.717) is 24.4 Å². The first-order valence-corrected chi connectivity index (χ1v) is 10.9. The van der Waals surface area contributed by atoms with E-state index in [1.807, 2.05) is 24.3 Å². The average molecular weight is 447 g/mol. The number of halogens is 1. The number of methoxy groups -OCH3 is 1. The van der Waals surface area contributed by atoms with Crippen LogP contribution in [0.25, 0.3) is 10.8 Å². The number of likely N-dealkylation sites (tertiary alicyclic amines) is 1. The SMILES string of the molecule is COc1c(C#N)cc2ccccc2c1CN(C)C(=O)C(c1ccc(F)cc1)N1CC[C@@H](N)C1. The van der Waals surface area contributed by atoms with Crippen molar-refractivity contribution in [3.05, 3.63) is 77.1 Å². The van der Waals surface area contributed by atoms with Crippen molar-refractivity contribution < 1.29 is 13.9 Å².